The highest BCUT2D eigenvalue weighted by Crippen LogP contribution is 2.34. The summed E-state index contributed by atoms with van der Waals surface area (Å²) in [4.78, 5) is 2.20. The van der Waals surface area contributed by atoms with Gasteiger partial charge in [0.05, 0.1) is 24.4 Å². The second-order valence-corrected chi connectivity index (χ2v) is 9.24. The van der Waals surface area contributed by atoms with Gasteiger partial charge in [-0.1, -0.05) is 48.4 Å². The predicted octanol–water partition coefficient (Wildman–Crippen LogP) is 4.18. The zero-order valence-corrected chi connectivity index (χ0v) is 21.1. The number of aromatic nitrogens is 2. The van der Waals surface area contributed by atoms with Gasteiger partial charge in [0.1, 0.15) is 18.1 Å². The molecule has 3 aromatic rings. The molecule has 0 saturated carbocycles. The van der Waals surface area contributed by atoms with Crippen molar-refractivity contribution in [1.29, 1.82) is 0 Å². The Hall–Kier alpha value is -3.15. The molecule has 1 saturated heterocycles. The standard InChI is InChI=1S/C29H35N3O4/c1-4-15-34-21-24(33)18-32(19-26-14-9-16-35-26)20-27-28(23-11-6-5-7-12-23)30-31(3)29(27)36-25-13-8-10-22(2)17-25/h1,5-8,10-13,17,24,26,33H,9,14-16,18-21H2,2-3H3. The maximum absolute atomic E-state index is 10.7. The van der Waals surface area contributed by atoms with E-state index >= 15 is 0 Å². The molecule has 1 aliphatic rings. The van der Waals surface area contributed by atoms with Crippen LogP contribution in [-0.2, 0) is 23.1 Å². The average molecular weight is 490 g/mol. The van der Waals surface area contributed by atoms with E-state index in [0.717, 1.165) is 47.6 Å². The van der Waals surface area contributed by atoms with E-state index in [9.17, 15) is 5.11 Å². The second-order valence-electron chi connectivity index (χ2n) is 9.24. The normalized spacial score (nSPS) is 16.2. The van der Waals surface area contributed by atoms with Crippen LogP contribution < -0.4 is 4.74 Å². The van der Waals surface area contributed by atoms with Crippen molar-refractivity contribution in [3.05, 3.63) is 65.7 Å². The van der Waals surface area contributed by atoms with Crippen LogP contribution in [0.1, 0.15) is 24.0 Å². The molecule has 1 fully saturated rings. The molecule has 2 aromatic carbocycles. The fraction of sp³-hybridized carbons (Fsp3) is 0.414. The maximum Gasteiger partial charge on any atom is 0.222 e. The molecule has 2 atom stereocenters. The Morgan fingerprint density at radius 3 is 2.81 bits per heavy atom. The average Bonchev–Trinajstić information content (AvgIpc) is 3.48. The molecule has 7 heteroatoms. The number of aryl methyl sites for hydroxylation is 2. The summed E-state index contributed by atoms with van der Waals surface area (Å²) in [5.41, 5.74) is 3.95. The molecule has 190 valence electrons. The van der Waals surface area contributed by atoms with Gasteiger partial charge in [0, 0.05) is 38.9 Å². The van der Waals surface area contributed by atoms with Gasteiger partial charge < -0.3 is 19.3 Å². The summed E-state index contributed by atoms with van der Waals surface area (Å²) in [7, 11) is 1.90. The molecule has 1 aromatic heterocycles. The van der Waals surface area contributed by atoms with E-state index in [1.807, 2.05) is 56.4 Å². The van der Waals surface area contributed by atoms with E-state index in [4.69, 9.17) is 25.7 Å². The van der Waals surface area contributed by atoms with Gasteiger partial charge in [-0.15, -0.1) is 6.42 Å². The number of benzene rings is 2. The minimum Gasteiger partial charge on any atom is -0.439 e. The largest absolute Gasteiger partial charge is 0.439 e. The molecule has 0 aliphatic carbocycles. The second kappa shape index (κ2) is 12.7. The zero-order valence-electron chi connectivity index (χ0n) is 21.1. The Kier molecular flexibility index (Phi) is 9.15. The molecule has 0 amide bonds. The highest BCUT2D eigenvalue weighted by Gasteiger charge is 2.26. The quantitative estimate of drug-likeness (QED) is 0.304. The van der Waals surface area contributed by atoms with Gasteiger partial charge in [-0.3, -0.25) is 4.90 Å². The summed E-state index contributed by atoms with van der Waals surface area (Å²) in [6.45, 7) is 4.81. The number of ether oxygens (including phenoxy) is 3. The summed E-state index contributed by atoms with van der Waals surface area (Å²) < 4.78 is 19.5. The number of terminal acetylenes is 1. The third kappa shape index (κ3) is 6.96. The van der Waals surface area contributed by atoms with Gasteiger partial charge in [-0.25, -0.2) is 4.68 Å². The van der Waals surface area contributed by atoms with Crippen molar-refractivity contribution < 1.29 is 19.3 Å². The van der Waals surface area contributed by atoms with Crippen LogP contribution in [0.15, 0.2) is 54.6 Å². The summed E-state index contributed by atoms with van der Waals surface area (Å²) >= 11 is 0. The smallest absolute Gasteiger partial charge is 0.222 e. The fourth-order valence-electron chi connectivity index (χ4n) is 4.55. The van der Waals surface area contributed by atoms with Gasteiger partial charge in [-0.2, -0.15) is 5.10 Å². The van der Waals surface area contributed by atoms with Crippen LogP contribution in [0.2, 0.25) is 0 Å². The lowest BCUT2D eigenvalue weighted by Crippen LogP contribution is -2.39. The van der Waals surface area contributed by atoms with Crippen LogP contribution in [0.5, 0.6) is 11.6 Å². The predicted molar refractivity (Wildman–Crippen MR) is 140 cm³/mol. The van der Waals surface area contributed by atoms with E-state index in [-0.39, 0.29) is 19.3 Å². The Bertz CT molecular complexity index is 1150. The molecule has 0 spiro atoms. The number of hydrogen-bond donors (Lipinski definition) is 1. The van der Waals surface area contributed by atoms with Crippen LogP contribution in [-0.4, -0.2) is 64.9 Å². The Balaban J connectivity index is 1.65. The van der Waals surface area contributed by atoms with Crippen LogP contribution in [0.3, 0.4) is 0 Å². The van der Waals surface area contributed by atoms with Gasteiger partial charge in [0.15, 0.2) is 0 Å². The van der Waals surface area contributed by atoms with Crippen molar-refractivity contribution >= 4 is 0 Å². The molecule has 0 radical (unpaired) electrons. The Morgan fingerprint density at radius 1 is 1.25 bits per heavy atom. The number of hydrogen-bond acceptors (Lipinski definition) is 6. The van der Waals surface area contributed by atoms with E-state index in [0.29, 0.717) is 25.5 Å². The van der Waals surface area contributed by atoms with Crippen LogP contribution >= 0.6 is 0 Å². The van der Waals surface area contributed by atoms with Gasteiger partial charge in [0.25, 0.3) is 0 Å². The van der Waals surface area contributed by atoms with Crippen molar-refractivity contribution in [2.75, 3.05) is 32.9 Å². The minimum absolute atomic E-state index is 0.127. The summed E-state index contributed by atoms with van der Waals surface area (Å²) in [6.07, 6.45) is 6.78. The maximum atomic E-state index is 10.7. The first-order valence-corrected chi connectivity index (χ1v) is 12.4. The Morgan fingerprint density at radius 2 is 2.08 bits per heavy atom. The first kappa shape index (κ1) is 25.9. The van der Waals surface area contributed by atoms with E-state index in [2.05, 4.69) is 23.0 Å². The summed E-state index contributed by atoms with van der Waals surface area (Å²) in [5, 5.41) is 15.5. The van der Waals surface area contributed by atoms with Crippen LogP contribution in [0.25, 0.3) is 11.3 Å². The lowest BCUT2D eigenvalue weighted by molar-refractivity contribution is 0.00943. The first-order valence-electron chi connectivity index (χ1n) is 12.4. The SMILES string of the molecule is C#CCOCC(O)CN(Cc1c(-c2ccccc2)nn(C)c1Oc1cccc(C)c1)CC1CCCO1. The van der Waals surface area contributed by atoms with Gasteiger partial charge >= 0.3 is 0 Å². The third-order valence-electron chi connectivity index (χ3n) is 6.17. The molecule has 1 aliphatic heterocycles. The van der Waals surface area contributed by atoms with Crippen molar-refractivity contribution in [1.82, 2.24) is 14.7 Å². The molecular weight excluding hydrogens is 454 g/mol. The minimum atomic E-state index is -0.683. The number of aliphatic hydroxyl groups excluding tert-OH is 1. The highest BCUT2D eigenvalue weighted by atomic mass is 16.5. The topological polar surface area (TPSA) is 69.0 Å². The molecule has 7 nitrogen and oxygen atoms in total. The zero-order chi connectivity index (χ0) is 25.3. The molecule has 2 unspecified atom stereocenters. The third-order valence-corrected chi connectivity index (χ3v) is 6.17. The number of aliphatic hydroxyl groups is 1. The molecule has 4 rings (SSSR count). The lowest BCUT2D eigenvalue weighted by Gasteiger charge is -2.27. The fourth-order valence-corrected chi connectivity index (χ4v) is 4.55. The summed E-state index contributed by atoms with van der Waals surface area (Å²) in [6, 6.07) is 18.1. The lowest BCUT2D eigenvalue weighted by atomic mass is 10.1. The summed E-state index contributed by atoms with van der Waals surface area (Å²) in [5.74, 6) is 3.88. The molecule has 36 heavy (non-hydrogen) atoms. The van der Waals surface area contributed by atoms with Crippen LogP contribution in [0.4, 0.5) is 0 Å². The molecule has 2 heterocycles. The van der Waals surface area contributed by atoms with E-state index < -0.39 is 6.10 Å². The van der Waals surface area contributed by atoms with Crippen LogP contribution in [0, 0.1) is 19.3 Å². The van der Waals surface area contributed by atoms with E-state index in [1.54, 1.807) is 4.68 Å². The molecular formula is C29H35N3O4. The van der Waals surface area contributed by atoms with Crippen molar-refractivity contribution in [3.63, 3.8) is 0 Å². The number of nitrogens with zero attached hydrogens (tertiary/aromatic N) is 3. The van der Waals surface area contributed by atoms with E-state index in [1.165, 1.54) is 0 Å². The first-order chi connectivity index (χ1) is 17.5. The van der Waals surface area contributed by atoms with Gasteiger partial charge in [0.2, 0.25) is 5.88 Å². The number of rotatable bonds is 12. The molecule has 0 bridgehead atoms. The van der Waals surface area contributed by atoms with Gasteiger partial charge in [-0.05, 0) is 37.5 Å². The Labute approximate surface area is 213 Å². The molecule has 1 N–H and O–H groups in total. The van der Waals surface area contributed by atoms with Crippen molar-refractivity contribution in [2.24, 2.45) is 7.05 Å². The van der Waals surface area contributed by atoms with Crippen molar-refractivity contribution in [3.8, 4) is 35.2 Å². The van der Waals surface area contributed by atoms with Crippen molar-refractivity contribution in [2.45, 2.75) is 38.5 Å². The highest BCUT2D eigenvalue weighted by molar-refractivity contribution is 5.65. The monoisotopic (exact) mass is 489 g/mol.